The number of aromatic nitrogens is 3. The Labute approximate surface area is 178 Å². The summed E-state index contributed by atoms with van der Waals surface area (Å²) in [4.78, 5) is 13.5. The van der Waals surface area contributed by atoms with E-state index in [0.717, 1.165) is 11.5 Å². The Bertz CT molecular complexity index is 993. The average molecular weight is 435 g/mol. The van der Waals surface area contributed by atoms with Crippen molar-refractivity contribution >= 4 is 35.0 Å². The molecule has 9 heteroatoms. The van der Waals surface area contributed by atoms with Crippen molar-refractivity contribution in [3.8, 4) is 5.69 Å². The first-order valence-corrected chi connectivity index (χ1v) is 10.4. The molecule has 0 aliphatic heterocycles. The van der Waals surface area contributed by atoms with Gasteiger partial charge in [0.15, 0.2) is 11.0 Å². The highest BCUT2D eigenvalue weighted by Gasteiger charge is 2.23. The Morgan fingerprint density at radius 1 is 1.24 bits per heavy atom. The molecule has 6 nitrogen and oxygen atoms in total. The molecular formula is C20H22ClFN5OS+. The average Bonchev–Trinajstić information content (AvgIpc) is 3.10. The molecule has 0 fully saturated rings. The number of hydrogen-bond acceptors (Lipinski definition) is 4. The molecule has 1 aromatic heterocycles. The van der Waals surface area contributed by atoms with Gasteiger partial charge in [0.2, 0.25) is 5.91 Å². The molecule has 3 aromatic rings. The minimum atomic E-state index is -0.400. The first-order valence-electron chi connectivity index (χ1n) is 9.04. The van der Waals surface area contributed by atoms with Gasteiger partial charge in [-0.05, 0) is 49.4 Å². The lowest BCUT2D eigenvalue weighted by molar-refractivity contribution is -0.890. The van der Waals surface area contributed by atoms with Crippen LogP contribution in [-0.4, -0.2) is 40.5 Å². The lowest BCUT2D eigenvalue weighted by Crippen LogP contribution is -3.05. The van der Waals surface area contributed by atoms with Gasteiger partial charge in [-0.1, -0.05) is 29.4 Å². The standard InChI is InChI=1S/C20H21ClFN5OS/c1-13(26(2)3)19-24-25-20(27(19)17-9-7-14(21)8-10-17)29-12-18(28)23-16-6-4-5-15(22)11-16/h4-11,13H,12H2,1-3H3,(H,23,28)/p+1/t13-/m0/s1. The van der Waals surface area contributed by atoms with Crippen LogP contribution < -0.4 is 10.2 Å². The molecule has 0 spiro atoms. The fourth-order valence-corrected chi connectivity index (χ4v) is 3.52. The second-order valence-corrected chi connectivity index (χ2v) is 8.18. The summed E-state index contributed by atoms with van der Waals surface area (Å²) in [6.07, 6.45) is 0. The molecule has 0 aliphatic carbocycles. The molecule has 0 aliphatic rings. The SMILES string of the molecule is C[C@@H](c1nnc(SCC(=O)Nc2cccc(F)c2)n1-c1ccc(Cl)cc1)[NH+](C)C. The Morgan fingerprint density at radius 2 is 1.97 bits per heavy atom. The number of hydrogen-bond donors (Lipinski definition) is 2. The third kappa shape index (κ3) is 5.35. The maximum atomic E-state index is 13.3. The second-order valence-electron chi connectivity index (χ2n) is 6.80. The van der Waals surface area contributed by atoms with E-state index in [1.807, 2.05) is 30.8 Å². The van der Waals surface area contributed by atoms with Crippen LogP contribution >= 0.6 is 23.4 Å². The molecular weight excluding hydrogens is 413 g/mol. The van der Waals surface area contributed by atoms with Crippen LogP contribution in [0.2, 0.25) is 5.02 Å². The van der Waals surface area contributed by atoms with E-state index in [1.54, 1.807) is 24.3 Å². The number of quaternary nitrogens is 1. The predicted molar refractivity (Wildman–Crippen MR) is 113 cm³/mol. The van der Waals surface area contributed by atoms with E-state index in [2.05, 4.69) is 22.4 Å². The summed E-state index contributed by atoms with van der Waals surface area (Å²) in [7, 11) is 4.09. The van der Waals surface area contributed by atoms with Gasteiger partial charge < -0.3 is 10.2 Å². The molecule has 1 atom stereocenters. The number of nitrogens with zero attached hydrogens (tertiary/aromatic N) is 3. The van der Waals surface area contributed by atoms with Crippen LogP contribution in [0.1, 0.15) is 18.8 Å². The van der Waals surface area contributed by atoms with E-state index in [-0.39, 0.29) is 17.7 Å². The van der Waals surface area contributed by atoms with E-state index < -0.39 is 5.82 Å². The molecule has 2 aromatic carbocycles. The third-order valence-electron chi connectivity index (χ3n) is 4.44. The van der Waals surface area contributed by atoms with Crippen LogP contribution in [0.5, 0.6) is 0 Å². The summed E-state index contributed by atoms with van der Waals surface area (Å²) in [6, 6.07) is 13.3. The topological polar surface area (TPSA) is 64.2 Å². The van der Waals surface area contributed by atoms with Crippen molar-refractivity contribution in [1.29, 1.82) is 0 Å². The number of amides is 1. The Kier molecular flexibility index (Phi) is 6.89. The van der Waals surface area contributed by atoms with E-state index in [4.69, 9.17) is 11.6 Å². The number of carbonyl (C=O) groups is 1. The van der Waals surface area contributed by atoms with Gasteiger partial charge in [-0.3, -0.25) is 9.36 Å². The summed E-state index contributed by atoms with van der Waals surface area (Å²) in [5.41, 5.74) is 1.29. The van der Waals surface area contributed by atoms with Crippen molar-refractivity contribution in [2.45, 2.75) is 18.1 Å². The Morgan fingerprint density at radius 3 is 2.62 bits per heavy atom. The Balaban J connectivity index is 1.81. The van der Waals surface area contributed by atoms with Gasteiger partial charge in [0.25, 0.3) is 0 Å². The Hall–Kier alpha value is -2.42. The van der Waals surface area contributed by atoms with Gasteiger partial charge in [-0.25, -0.2) is 4.39 Å². The zero-order valence-corrected chi connectivity index (χ0v) is 17.9. The molecule has 0 unspecified atom stereocenters. The zero-order valence-electron chi connectivity index (χ0n) is 16.3. The lowest BCUT2D eigenvalue weighted by atomic mass is 10.2. The van der Waals surface area contributed by atoms with Crippen molar-refractivity contribution in [3.05, 3.63) is 65.2 Å². The van der Waals surface area contributed by atoms with E-state index in [1.165, 1.54) is 28.8 Å². The van der Waals surface area contributed by atoms with Crippen molar-refractivity contribution in [3.63, 3.8) is 0 Å². The van der Waals surface area contributed by atoms with E-state index >= 15 is 0 Å². The van der Waals surface area contributed by atoms with Crippen LogP contribution in [0.4, 0.5) is 10.1 Å². The minimum Gasteiger partial charge on any atom is -0.331 e. The number of anilines is 1. The number of rotatable bonds is 7. The molecule has 152 valence electrons. The van der Waals surface area contributed by atoms with E-state index in [0.29, 0.717) is 15.9 Å². The fraction of sp³-hybridized carbons (Fsp3) is 0.250. The van der Waals surface area contributed by atoms with Gasteiger partial charge in [-0.2, -0.15) is 0 Å². The molecule has 0 saturated heterocycles. The number of halogens is 2. The minimum absolute atomic E-state index is 0.0913. The number of nitrogens with one attached hydrogen (secondary N) is 2. The number of benzene rings is 2. The first-order chi connectivity index (χ1) is 13.8. The summed E-state index contributed by atoms with van der Waals surface area (Å²) >= 11 is 7.30. The summed E-state index contributed by atoms with van der Waals surface area (Å²) in [5.74, 6) is 0.257. The van der Waals surface area contributed by atoms with Crippen LogP contribution in [0.25, 0.3) is 5.69 Å². The lowest BCUT2D eigenvalue weighted by Gasteiger charge is -2.18. The van der Waals surface area contributed by atoms with Crippen molar-refractivity contribution < 1.29 is 14.1 Å². The van der Waals surface area contributed by atoms with Crippen LogP contribution in [0.15, 0.2) is 53.7 Å². The van der Waals surface area contributed by atoms with Crippen LogP contribution in [-0.2, 0) is 4.79 Å². The summed E-state index contributed by atoms with van der Waals surface area (Å²) in [6.45, 7) is 2.07. The van der Waals surface area contributed by atoms with Crippen molar-refractivity contribution in [2.24, 2.45) is 0 Å². The zero-order chi connectivity index (χ0) is 21.0. The van der Waals surface area contributed by atoms with Gasteiger partial charge >= 0.3 is 0 Å². The normalized spacial score (nSPS) is 12.2. The molecule has 1 amide bonds. The third-order valence-corrected chi connectivity index (χ3v) is 5.62. The van der Waals surface area contributed by atoms with Gasteiger partial charge in [0, 0.05) is 16.4 Å². The molecule has 0 bridgehead atoms. The highest BCUT2D eigenvalue weighted by molar-refractivity contribution is 7.99. The van der Waals surface area contributed by atoms with Gasteiger partial charge in [0.1, 0.15) is 11.9 Å². The van der Waals surface area contributed by atoms with E-state index in [9.17, 15) is 9.18 Å². The molecule has 3 rings (SSSR count). The number of thioether (sulfide) groups is 1. The smallest absolute Gasteiger partial charge is 0.234 e. The van der Waals surface area contributed by atoms with Crippen LogP contribution in [0.3, 0.4) is 0 Å². The summed E-state index contributed by atoms with van der Waals surface area (Å²) < 4.78 is 15.2. The highest BCUT2D eigenvalue weighted by atomic mass is 35.5. The highest BCUT2D eigenvalue weighted by Crippen LogP contribution is 2.25. The summed E-state index contributed by atoms with van der Waals surface area (Å²) in [5, 5.41) is 12.6. The monoisotopic (exact) mass is 434 g/mol. The number of carbonyl (C=O) groups excluding carboxylic acids is 1. The molecule has 29 heavy (non-hydrogen) atoms. The molecule has 2 N–H and O–H groups in total. The molecule has 1 heterocycles. The predicted octanol–water partition coefficient (Wildman–Crippen LogP) is 3.00. The van der Waals surface area contributed by atoms with Crippen molar-refractivity contribution in [2.75, 3.05) is 25.2 Å². The maximum Gasteiger partial charge on any atom is 0.234 e. The fourth-order valence-electron chi connectivity index (χ4n) is 2.64. The van der Waals surface area contributed by atoms with Gasteiger partial charge in [0.05, 0.1) is 19.8 Å². The first kappa shape index (κ1) is 21.3. The second kappa shape index (κ2) is 9.39. The van der Waals surface area contributed by atoms with Crippen LogP contribution in [0, 0.1) is 5.82 Å². The maximum absolute atomic E-state index is 13.3. The molecule has 0 saturated carbocycles. The quantitative estimate of drug-likeness (QED) is 0.561. The largest absolute Gasteiger partial charge is 0.331 e. The van der Waals surface area contributed by atoms with Crippen molar-refractivity contribution in [1.82, 2.24) is 14.8 Å². The molecule has 0 radical (unpaired) electrons. The van der Waals surface area contributed by atoms with Gasteiger partial charge in [-0.15, -0.1) is 10.2 Å².